The molecule has 3 aromatic carbocycles. The Labute approximate surface area is 182 Å². The van der Waals surface area contributed by atoms with E-state index in [9.17, 15) is 9.59 Å². The van der Waals surface area contributed by atoms with Crippen LogP contribution in [0.1, 0.15) is 10.4 Å². The zero-order valence-corrected chi connectivity index (χ0v) is 17.2. The number of carbonyl (C=O) groups excluding carboxylic acids is 2. The summed E-state index contributed by atoms with van der Waals surface area (Å²) >= 11 is 0. The molecule has 3 aromatic rings. The molecule has 1 N–H and O–H groups in total. The van der Waals surface area contributed by atoms with Crippen LogP contribution in [-0.2, 0) is 4.79 Å². The number of hydrogen-bond donors (Lipinski definition) is 1. The lowest BCUT2D eigenvalue weighted by Crippen LogP contribution is -2.51. The molecule has 0 unspecified atom stereocenters. The minimum atomic E-state index is -0.275. The average Bonchev–Trinajstić information content (AvgIpc) is 2.84. The van der Waals surface area contributed by atoms with Gasteiger partial charge in [0.2, 0.25) is 5.91 Å². The molecule has 1 heterocycles. The van der Waals surface area contributed by atoms with Crippen molar-refractivity contribution in [2.24, 2.45) is 0 Å². The van der Waals surface area contributed by atoms with Gasteiger partial charge in [-0.2, -0.15) is 0 Å². The zero-order chi connectivity index (χ0) is 21.5. The number of benzene rings is 3. The molecule has 1 fully saturated rings. The molecule has 1 aliphatic rings. The van der Waals surface area contributed by atoms with Crippen molar-refractivity contribution in [3.05, 3.63) is 90.5 Å². The normalized spacial score (nSPS) is 13.5. The molecular formula is C25H25N3O3. The molecular weight excluding hydrogens is 390 g/mol. The van der Waals surface area contributed by atoms with Gasteiger partial charge in [0.1, 0.15) is 11.5 Å². The molecule has 0 bridgehead atoms. The second kappa shape index (κ2) is 9.80. The highest BCUT2D eigenvalue weighted by molar-refractivity contribution is 5.96. The van der Waals surface area contributed by atoms with Crippen LogP contribution in [0.5, 0.6) is 11.5 Å². The molecule has 2 amide bonds. The minimum absolute atomic E-state index is 0.00750. The van der Waals surface area contributed by atoms with E-state index in [-0.39, 0.29) is 18.4 Å². The molecule has 0 radical (unpaired) electrons. The maximum absolute atomic E-state index is 12.5. The summed E-state index contributed by atoms with van der Waals surface area (Å²) in [6.07, 6.45) is 0. The second-order valence-corrected chi connectivity index (χ2v) is 7.33. The molecule has 1 aliphatic heterocycles. The molecule has 31 heavy (non-hydrogen) atoms. The third-order valence-corrected chi connectivity index (χ3v) is 5.25. The fourth-order valence-electron chi connectivity index (χ4n) is 3.52. The Morgan fingerprint density at radius 2 is 1.32 bits per heavy atom. The number of carbonyl (C=O) groups is 2. The SMILES string of the molecule is O=C(NCC(=O)N1CCN(c2ccccc2)CC1)c1ccc(Oc2ccccc2)cc1. The first-order valence-corrected chi connectivity index (χ1v) is 10.4. The summed E-state index contributed by atoms with van der Waals surface area (Å²) in [5, 5.41) is 2.72. The zero-order valence-electron chi connectivity index (χ0n) is 17.2. The Morgan fingerprint density at radius 1 is 0.742 bits per heavy atom. The summed E-state index contributed by atoms with van der Waals surface area (Å²) in [6, 6.07) is 26.5. The fourth-order valence-corrected chi connectivity index (χ4v) is 3.52. The van der Waals surface area contributed by atoms with Crippen molar-refractivity contribution in [1.82, 2.24) is 10.2 Å². The van der Waals surface area contributed by atoms with Crippen molar-refractivity contribution in [3.8, 4) is 11.5 Å². The first-order valence-electron chi connectivity index (χ1n) is 10.4. The van der Waals surface area contributed by atoms with Gasteiger partial charge in [0.15, 0.2) is 0 Å². The monoisotopic (exact) mass is 415 g/mol. The van der Waals surface area contributed by atoms with Crippen LogP contribution in [-0.4, -0.2) is 49.4 Å². The van der Waals surface area contributed by atoms with Gasteiger partial charge in [-0.15, -0.1) is 0 Å². The largest absolute Gasteiger partial charge is 0.457 e. The van der Waals surface area contributed by atoms with E-state index in [1.807, 2.05) is 48.5 Å². The minimum Gasteiger partial charge on any atom is -0.457 e. The van der Waals surface area contributed by atoms with E-state index in [1.165, 1.54) is 5.69 Å². The summed E-state index contributed by atoms with van der Waals surface area (Å²) in [5.74, 6) is 1.04. The van der Waals surface area contributed by atoms with Crippen LogP contribution >= 0.6 is 0 Å². The molecule has 4 rings (SSSR count). The predicted molar refractivity (Wildman–Crippen MR) is 121 cm³/mol. The number of piperazine rings is 1. The maximum atomic E-state index is 12.5. The van der Waals surface area contributed by atoms with Gasteiger partial charge in [0.25, 0.3) is 5.91 Å². The molecule has 1 saturated heterocycles. The fraction of sp³-hybridized carbons (Fsp3) is 0.200. The van der Waals surface area contributed by atoms with E-state index in [1.54, 1.807) is 29.2 Å². The van der Waals surface area contributed by atoms with E-state index in [0.717, 1.165) is 18.8 Å². The first kappa shape index (κ1) is 20.5. The Balaban J connectivity index is 1.23. The summed E-state index contributed by atoms with van der Waals surface area (Å²) in [4.78, 5) is 29.0. The highest BCUT2D eigenvalue weighted by atomic mass is 16.5. The highest BCUT2D eigenvalue weighted by Gasteiger charge is 2.21. The van der Waals surface area contributed by atoms with Crippen LogP contribution in [0.25, 0.3) is 0 Å². The van der Waals surface area contributed by atoms with Gasteiger partial charge in [-0.05, 0) is 48.5 Å². The van der Waals surface area contributed by atoms with Crippen LogP contribution in [0, 0.1) is 0 Å². The highest BCUT2D eigenvalue weighted by Crippen LogP contribution is 2.21. The lowest BCUT2D eigenvalue weighted by molar-refractivity contribution is -0.130. The number of nitrogens with zero attached hydrogens (tertiary/aromatic N) is 2. The van der Waals surface area contributed by atoms with Crippen molar-refractivity contribution in [2.75, 3.05) is 37.6 Å². The summed E-state index contributed by atoms with van der Waals surface area (Å²) < 4.78 is 5.73. The van der Waals surface area contributed by atoms with E-state index in [4.69, 9.17) is 4.74 Å². The number of rotatable bonds is 6. The molecule has 6 heteroatoms. The van der Waals surface area contributed by atoms with Crippen molar-refractivity contribution >= 4 is 17.5 Å². The van der Waals surface area contributed by atoms with Gasteiger partial charge in [-0.1, -0.05) is 36.4 Å². The average molecular weight is 415 g/mol. The van der Waals surface area contributed by atoms with Crippen molar-refractivity contribution < 1.29 is 14.3 Å². The lowest BCUT2D eigenvalue weighted by atomic mass is 10.2. The Hall–Kier alpha value is -3.80. The number of amides is 2. The van der Waals surface area contributed by atoms with Crippen LogP contribution in [0.4, 0.5) is 5.69 Å². The van der Waals surface area contributed by atoms with Gasteiger partial charge < -0.3 is 19.9 Å². The van der Waals surface area contributed by atoms with Crippen molar-refractivity contribution in [2.45, 2.75) is 0 Å². The van der Waals surface area contributed by atoms with E-state index >= 15 is 0 Å². The number of para-hydroxylation sites is 2. The molecule has 6 nitrogen and oxygen atoms in total. The van der Waals surface area contributed by atoms with Gasteiger partial charge in [-0.25, -0.2) is 0 Å². The first-order chi connectivity index (χ1) is 15.2. The molecule has 0 atom stereocenters. The number of hydrogen-bond acceptors (Lipinski definition) is 4. The number of ether oxygens (including phenoxy) is 1. The maximum Gasteiger partial charge on any atom is 0.251 e. The number of nitrogens with one attached hydrogen (secondary N) is 1. The standard InChI is InChI=1S/C25H25N3O3/c29-24(28-17-15-27(16-18-28)21-7-3-1-4-8-21)19-26-25(30)20-11-13-23(14-12-20)31-22-9-5-2-6-10-22/h1-14H,15-19H2,(H,26,30). The van der Waals surface area contributed by atoms with Crippen LogP contribution in [0.2, 0.25) is 0 Å². The summed E-state index contributed by atoms with van der Waals surface area (Å²) in [6.45, 7) is 2.86. The number of anilines is 1. The molecule has 0 aromatic heterocycles. The van der Waals surface area contributed by atoms with Gasteiger partial charge in [0, 0.05) is 37.4 Å². The van der Waals surface area contributed by atoms with Crippen molar-refractivity contribution in [3.63, 3.8) is 0 Å². The Bertz CT molecular complexity index is 999. The van der Waals surface area contributed by atoms with Gasteiger partial charge in [-0.3, -0.25) is 9.59 Å². The van der Waals surface area contributed by atoms with Gasteiger partial charge >= 0.3 is 0 Å². The van der Waals surface area contributed by atoms with Crippen LogP contribution in [0.3, 0.4) is 0 Å². The Morgan fingerprint density at radius 3 is 1.97 bits per heavy atom. The quantitative estimate of drug-likeness (QED) is 0.669. The molecule has 0 saturated carbocycles. The smallest absolute Gasteiger partial charge is 0.251 e. The van der Waals surface area contributed by atoms with Crippen molar-refractivity contribution in [1.29, 1.82) is 0 Å². The third kappa shape index (κ3) is 5.42. The van der Waals surface area contributed by atoms with Crippen LogP contribution < -0.4 is 15.0 Å². The lowest BCUT2D eigenvalue weighted by Gasteiger charge is -2.36. The summed E-state index contributed by atoms with van der Waals surface area (Å²) in [7, 11) is 0. The Kier molecular flexibility index (Phi) is 6.47. The van der Waals surface area contributed by atoms with Gasteiger partial charge in [0.05, 0.1) is 6.54 Å². The second-order valence-electron chi connectivity index (χ2n) is 7.33. The molecule has 0 aliphatic carbocycles. The molecule has 0 spiro atoms. The predicted octanol–water partition coefficient (Wildman–Crippen LogP) is 3.56. The topological polar surface area (TPSA) is 61.9 Å². The van der Waals surface area contributed by atoms with E-state index < -0.39 is 0 Å². The summed E-state index contributed by atoms with van der Waals surface area (Å²) in [5.41, 5.74) is 1.66. The van der Waals surface area contributed by atoms with Crippen LogP contribution in [0.15, 0.2) is 84.9 Å². The molecule has 158 valence electrons. The third-order valence-electron chi connectivity index (χ3n) is 5.25. The van der Waals surface area contributed by atoms with E-state index in [0.29, 0.717) is 24.4 Å². The van der Waals surface area contributed by atoms with E-state index in [2.05, 4.69) is 22.3 Å².